The Kier molecular flexibility index (Phi) is 10.2. The van der Waals surface area contributed by atoms with Crippen LogP contribution in [-0.2, 0) is 4.74 Å². The van der Waals surface area contributed by atoms with Gasteiger partial charge in [0, 0.05) is 24.4 Å². The Morgan fingerprint density at radius 3 is 2.29 bits per heavy atom. The van der Waals surface area contributed by atoms with E-state index in [0.29, 0.717) is 13.2 Å². The molecule has 0 atom stereocenters. The highest BCUT2D eigenvalue weighted by atomic mass is 16.5. The number of ether oxygens (including phenoxy) is 2. The molecule has 0 saturated heterocycles. The number of benzene rings is 1. The molecule has 0 fully saturated rings. The smallest absolute Gasteiger partial charge is 0.129 e. The Morgan fingerprint density at radius 2 is 1.67 bits per heavy atom. The molecule has 2 aromatic rings. The molecule has 3 heteroatoms. The van der Waals surface area contributed by atoms with Crippen LogP contribution in [0.1, 0.15) is 39.0 Å². The van der Waals surface area contributed by atoms with Crippen molar-refractivity contribution in [1.82, 2.24) is 4.98 Å². The van der Waals surface area contributed by atoms with Gasteiger partial charge in [0.25, 0.3) is 0 Å². The molecule has 0 aliphatic carbocycles. The summed E-state index contributed by atoms with van der Waals surface area (Å²) in [7, 11) is 1.67. The highest BCUT2D eigenvalue weighted by molar-refractivity contribution is 5.90. The number of rotatable bonds is 4. The predicted octanol–water partition coefficient (Wildman–Crippen LogP) is 4.93. The summed E-state index contributed by atoms with van der Waals surface area (Å²) >= 11 is 0. The van der Waals surface area contributed by atoms with Crippen LogP contribution in [0.15, 0.2) is 24.4 Å². The van der Waals surface area contributed by atoms with Crippen LogP contribution >= 0.6 is 0 Å². The zero-order valence-electron chi connectivity index (χ0n) is 14.5. The van der Waals surface area contributed by atoms with Crippen molar-refractivity contribution in [3.8, 4) is 5.75 Å². The summed E-state index contributed by atoms with van der Waals surface area (Å²) in [4.78, 5) is 4.31. The predicted molar refractivity (Wildman–Crippen MR) is 91.3 cm³/mol. The topological polar surface area (TPSA) is 31.4 Å². The second kappa shape index (κ2) is 11.1. The summed E-state index contributed by atoms with van der Waals surface area (Å²) in [6, 6.07) is 6.21. The zero-order chi connectivity index (χ0) is 16.3. The number of aryl methyl sites for hydroxylation is 2. The van der Waals surface area contributed by atoms with Gasteiger partial charge in [-0.3, -0.25) is 4.98 Å². The van der Waals surface area contributed by atoms with Crippen LogP contribution in [0.2, 0.25) is 0 Å². The highest BCUT2D eigenvalue weighted by Crippen LogP contribution is 2.29. The number of fused-ring (bicyclic) bond motifs is 1. The van der Waals surface area contributed by atoms with E-state index >= 15 is 0 Å². The molecule has 0 N–H and O–H groups in total. The molecule has 0 aliphatic rings. The molecule has 0 aliphatic heterocycles. The minimum atomic E-state index is 0.559. The third-order valence-electron chi connectivity index (χ3n) is 2.71. The average molecular weight is 291 g/mol. The quantitative estimate of drug-likeness (QED) is 0.748. The van der Waals surface area contributed by atoms with Gasteiger partial charge in [-0.25, -0.2) is 0 Å². The number of aromatic nitrogens is 1. The van der Waals surface area contributed by atoms with E-state index in [1.54, 1.807) is 7.11 Å². The van der Waals surface area contributed by atoms with E-state index in [4.69, 9.17) is 9.47 Å². The minimum absolute atomic E-state index is 0.559. The maximum atomic E-state index is 5.76. The van der Waals surface area contributed by atoms with Gasteiger partial charge < -0.3 is 9.47 Å². The van der Waals surface area contributed by atoms with E-state index in [1.165, 1.54) is 10.9 Å². The van der Waals surface area contributed by atoms with Gasteiger partial charge in [-0.2, -0.15) is 0 Å². The minimum Gasteiger partial charge on any atom is -0.490 e. The third kappa shape index (κ3) is 5.72. The summed E-state index contributed by atoms with van der Waals surface area (Å²) in [5.74, 6) is 0.891. The largest absolute Gasteiger partial charge is 0.490 e. The molecule has 0 saturated carbocycles. The van der Waals surface area contributed by atoms with E-state index in [0.717, 1.165) is 16.8 Å². The molecule has 0 bridgehead atoms. The van der Waals surface area contributed by atoms with Gasteiger partial charge >= 0.3 is 0 Å². The second-order valence-electron chi connectivity index (χ2n) is 4.10. The molecule has 1 aromatic heterocycles. The Morgan fingerprint density at radius 1 is 1.00 bits per heavy atom. The zero-order valence-corrected chi connectivity index (χ0v) is 14.5. The molecule has 0 radical (unpaired) electrons. The first-order valence-electron chi connectivity index (χ1n) is 7.70. The fraction of sp³-hybridized carbons (Fsp3) is 0.500. The molecule has 1 aromatic carbocycles. The number of hydrogen-bond donors (Lipinski definition) is 0. The molecule has 3 nitrogen and oxygen atoms in total. The maximum Gasteiger partial charge on any atom is 0.129 e. The molecular formula is C18H29NO2. The first kappa shape index (κ1) is 19.4. The van der Waals surface area contributed by atoms with Crippen molar-refractivity contribution < 1.29 is 9.47 Å². The van der Waals surface area contributed by atoms with Crippen molar-refractivity contribution in [2.24, 2.45) is 0 Å². The van der Waals surface area contributed by atoms with Gasteiger partial charge in [0.1, 0.15) is 12.4 Å². The molecular weight excluding hydrogens is 262 g/mol. The lowest BCUT2D eigenvalue weighted by atomic mass is 10.1. The lowest BCUT2D eigenvalue weighted by Crippen LogP contribution is -2.05. The Balaban J connectivity index is 0.000000921. The van der Waals surface area contributed by atoms with Gasteiger partial charge in [0.2, 0.25) is 0 Å². The van der Waals surface area contributed by atoms with Crippen LogP contribution in [0, 0.1) is 13.8 Å². The summed E-state index contributed by atoms with van der Waals surface area (Å²) in [6.07, 6.45) is 1.83. The van der Waals surface area contributed by atoms with Crippen LogP contribution in [-0.4, -0.2) is 25.3 Å². The van der Waals surface area contributed by atoms with Crippen LogP contribution in [0.25, 0.3) is 10.8 Å². The van der Waals surface area contributed by atoms with Crippen molar-refractivity contribution in [2.45, 2.75) is 41.5 Å². The van der Waals surface area contributed by atoms with Gasteiger partial charge in [-0.15, -0.1) is 0 Å². The molecule has 118 valence electrons. The monoisotopic (exact) mass is 291 g/mol. The van der Waals surface area contributed by atoms with E-state index in [-0.39, 0.29) is 0 Å². The second-order valence-corrected chi connectivity index (χ2v) is 4.10. The Hall–Kier alpha value is -1.61. The van der Waals surface area contributed by atoms with Crippen LogP contribution in [0.3, 0.4) is 0 Å². The van der Waals surface area contributed by atoms with Crippen molar-refractivity contribution in [3.05, 3.63) is 35.7 Å². The number of methoxy groups -OCH3 is 1. The third-order valence-corrected chi connectivity index (χ3v) is 2.71. The van der Waals surface area contributed by atoms with Crippen molar-refractivity contribution in [1.29, 1.82) is 0 Å². The normalized spacial score (nSPS) is 9.29. The summed E-state index contributed by atoms with van der Waals surface area (Å²) in [5.41, 5.74) is 2.19. The number of nitrogens with zero attached hydrogens (tertiary/aromatic N) is 1. The van der Waals surface area contributed by atoms with E-state index in [9.17, 15) is 0 Å². The molecule has 1 heterocycles. The van der Waals surface area contributed by atoms with Gasteiger partial charge in [-0.05, 0) is 36.9 Å². The summed E-state index contributed by atoms with van der Waals surface area (Å²) < 4.78 is 10.8. The fourth-order valence-electron chi connectivity index (χ4n) is 1.94. The van der Waals surface area contributed by atoms with Gasteiger partial charge in [-0.1, -0.05) is 33.8 Å². The summed E-state index contributed by atoms with van der Waals surface area (Å²) in [5, 5.41) is 2.26. The van der Waals surface area contributed by atoms with Crippen LogP contribution < -0.4 is 4.74 Å². The number of pyridine rings is 1. The molecule has 0 unspecified atom stereocenters. The van der Waals surface area contributed by atoms with E-state index < -0.39 is 0 Å². The van der Waals surface area contributed by atoms with Gasteiger partial charge in [0.05, 0.1) is 6.61 Å². The Bertz CT molecular complexity index is 524. The van der Waals surface area contributed by atoms with Crippen molar-refractivity contribution in [2.75, 3.05) is 20.3 Å². The lowest BCUT2D eigenvalue weighted by Gasteiger charge is -2.11. The average Bonchev–Trinajstić information content (AvgIpc) is 2.51. The number of hydrogen-bond acceptors (Lipinski definition) is 3. The van der Waals surface area contributed by atoms with Crippen molar-refractivity contribution in [3.63, 3.8) is 0 Å². The van der Waals surface area contributed by atoms with E-state index in [1.807, 2.05) is 52.9 Å². The molecule has 0 spiro atoms. The molecule has 0 amide bonds. The maximum absolute atomic E-state index is 5.76. The van der Waals surface area contributed by atoms with Gasteiger partial charge in [0.15, 0.2) is 0 Å². The molecule has 21 heavy (non-hydrogen) atoms. The first-order valence-corrected chi connectivity index (χ1v) is 7.70. The summed E-state index contributed by atoms with van der Waals surface area (Å²) in [6.45, 7) is 13.2. The van der Waals surface area contributed by atoms with Crippen LogP contribution in [0.4, 0.5) is 0 Å². The fourth-order valence-corrected chi connectivity index (χ4v) is 1.94. The lowest BCUT2D eigenvalue weighted by molar-refractivity contribution is 0.147. The van der Waals surface area contributed by atoms with E-state index in [2.05, 4.69) is 18.0 Å². The van der Waals surface area contributed by atoms with Crippen molar-refractivity contribution >= 4 is 10.8 Å². The first-order chi connectivity index (χ1) is 10.2. The molecule has 2 rings (SSSR count). The standard InChI is InChI=1S/C14H17NO2.2C2H6/c1-10-8-12-4-5-15-11(2)14(12)13(9-10)17-7-6-16-3;2*1-2/h4-5,8-9H,6-7H2,1-3H3;2*1-2H3. The van der Waals surface area contributed by atoms with Crippen LogP contribution in [0.5, 0.6) is 5.75 Å². The Labute approximate surface area is 129 Å². The SMILES string of the molecule is CC.CC.COCCOc1cc(C)cc2ccnc(C)c12. The highest BCUT2D eigenvalue weighted by Gasteiger charge is 2.07.